The second kappa shape index (κ2) is 6.18. The lowest BCUT2D eigenvalue weighted by Crippen LogP contribution is -2.41. The molecule has 0 aliphatic heterocycles. The zero-order valence-electron chi connectivity index (χ0n) is 12.4. The van der Waals surface area contributed by atoms with Gasteiger partial charge >= 0.3 is 0 Å². The standard InChI is InChI=1S/C16H21NO3S/c1-16(2)11-3-6-15(16)17-21(19,20)14-9-7-13(8-10-14)5-4-12-18/h7-10,15,17-18H,3,6,11-12H2,1-2H3. The zero-order chi connectivity index (χ0) is 15.5. The van der Waals surface area contributed by atoms with Gasteiger partial charge in [0.05, 0.1) is 4.90 Å². The van der Waals surface area contributed by atoms with Crippen LogP contribution in [0.4, 0.5) is 0 Å². The van der Waals surface area contributed by atoms with Gasteiger partial charge in [-0.1, -0.05) is 32.1 Å². The molecule has 1 unspecified atom stereocenters. The van der Waals surface area contributed by atoms with Gasteiger partial charge in [-0.3, -0.25) is 0 Å². The number of nitrogens with one attached hydrogen (secondary N) is 1. The number of aliphatic hydroxyl groups is 1. The topological polar surface area (TPSA) is 66.4 Å². The van der Waals surface area contributed by atoms with Crippen molar-refractivity contribution in [3.8, 4) is 11.8 Å². The largest absolute Gasteiger partial charge is 0.384 e. The highest BCUT2D eigenvalue weighted by Crippen LogP contribution is 2.37. The van der Waals surface area contributed by atoms with Gasteiger partial charge in [0.1, 0.15) is 6.61 Å². The summed E-state index contributed by atoms with van der Waals surface area (Å²) < 4.78 is 27.6. The maximum Gasteiger partial charge on any atom is 0.240 e. The van der Waals surface area contributed by atoms with Gasteiger partial charge in [-0.2, -0.15) is 0 Å². The molecule has 0 spiro atoms. The first-order valence-corrected chi connectivity index (χ1v) is 8.56. The van der Waals surface area contributed by atoms with Crippen molar-refractivity contribution in [3.05, 3.63) is 29.8 Å². The van der Waals surface area contributed by atoms with Crippen LogP contribution in [0.2, 0.25) is 0 Å². The molecule has 1 atom stereocenters. The molecule has 114 valence electrons. The second-order valence-corrected chi connectivity index (χ2v) is 7.75. The average molecular weight is 307 g/mol. The van der Waals surface area contributed by atoms with Crippen molar-refractivity contribution >= 4 is 10.0 Å². The second-order valence-electron chi connectivity index (χ2n) is 6.04. The van der Waals surface area contributed by atoms with Crippen LogP contribution in [0.5, 0.6) is 0 Å². The minimum absolute atomic E-state index is 0.000385. The number of rotatable bonds is 3. The van der Waals surface area contributed by atoms with Gasteiger partial charge in [0.2, 0.25) is 10.0 Å². The van der Waals surface area contributed by atoms with E-state index in [4.69, 9.17) is 5.11 Å². The van der Waals surface area contributed by atoms with Gasteiger partial charge in [0.15, 0.2) is 0 Å². The molecule has 1 aromatic rings. The van der Waals surface area contributed by atoms with Crippen LogP contribution in [-0.2, 0) is 10.0 Å². The maximum absolute atomic E-state index is 12.4. The average Bonchev–Trinajstić information content (AvgIpc) is 2.75. The van der Waals surface area contributed by atoms with Gasteiger partial charge in [0, 0.05) is 11.6 Å². The Morgan fingerprint density at radius 2 is 2.00 bits per heavy atom. The molecule has 0 saturated heterocycles. The molecule has 2 rings (SSSR count). The van der Waals surface area contributed by atoms with E-state index in [2.05, 4.69) is 30.4 Å². The van der Waals surface area contributed by atoms with Crippen molar-refractivity contribution in [1.29, 1.82) is 0 Å². The Labute approximate surface area is 126 Å². The molecular weight excluding hydrogens is 286 g/mol. The van der Waals surface area contributed by atoms with E-state index < -0.39 is 10.0 Å². The summed E-state index contributed by atoms with van der Waals surface area (Å²) in [5, 5.41) is 8.64. The van der Waals surface area contributed by atoms with E-state index in [0.29, 0.717) is 5.56 Å². The molecule has 4 nitrogen and oxygen atoms in total. The van der Waals surface area contributed by atoms with E-state index in [1.807, 2.05) is 0 Å². The van der Waals surface area contributed by atoms with Gasteiger partial charge in [-0.05, 0) is 42.5 Å². The van der Waals surface area contributed by atoms with Crippen molar-refractivity contribution in [2.45, 2.75) is 44.0 Å². The van der Waals surface area contributed by atoms with Crippen LogP contribution >= 0.6 is 0 Å². The molecule has 0 heterocycles. The van der Waals surface area contributed by atoms with Crippen molar-refractivity contribution < 1.29 is 13.5 Å². The van der Waals surface area contributed by atoms with Crippen LogP contribution < -0.4 is 4.72 Å². The van der Waals surface area contributed by atoms with Gasteiger partial charge in [-0.25, -0.2) is 13.1 Å². The molecule has 1 fully saturated rings. The smallest absolute Gasteiger partial charge is 0.240 e. The van der Waals surface area contributed by atoms with E-state index in [0.717, 1.165) is 19.3 Å². The number of sulfonamides is 1. The summed E-state index contributed by atoms with van der Waals surface area (Å²) in [5.74, 6) is 5.28. The van der Waals surface area contributed by atoms with Crippen LogP contribution in [0, 0.1) is 17.3 Å². The number of aliphatic hydroxyl groups excluding tert-OH is 1. The van der Waals surface area contributed by atoms with Gasteiger partial charge in [-0.15, -0.1) is 0 Å². The molecule has 0 radical (unpaired) electrons. The van der Waals surface area contributed by atoms with E-state index >= 15 is 0 Å². The SMILES string of the molecule is CC1(C)CCCC1NS(=O)(=O)c1ccc(C#CCO)cc1. The van der Waals surface area contributed by atoms with Crippen molar-refractivity contribution in [1.82, 2.24) is 4.72 Å². The first kappa shape index (κ1) is 16.0. The van der Waals surface area contributed by atoms with E-state index in [1.165, 1.54) is 0 Å². The first-order valence-electron chi connectivity index (χ1n) is 7.07. The third-order valence-electron chi connectivity index (χ3n) is 4.03. The minimum Gasteiger partial charge on any atom is -0.384 e. The van der Waals surface area contributed by atoms with Crippen molar-refractivity contribution in [3.63, 3.8) is 0 Å². The van der Waals surface area contributed by atoms with Gasteiger partial charge < -0.3 is 5.11 Å². The predicted octanol–water partition coefficient (Wildman–Crippen LogP) is 1.89. The third-order valence-corrected chi connectivity index (χ3v) is 5.52. The fourth-order valence-corrected chi connectivity index (χ4v) is 4.10. The molecule has 0 aromatic heterocycles. The summed E-state index contributed by atoms with van der Waals surface area (Å²) in [7, 11) is -3.50. The zero-order valence-corrected chi connectivity index (χ0v) is 13.2. The number of hydrogen-bond donors (Lipinski definition) is 2. The molecular formula is C16H21NO3S. The van der Waals surface area contributed by atoms with Crippen LogP contribution in [0.25, 0.3) is 0 Å². The molecule has 1 aliphatic carbocycles. The fourth-order valence-electron chi connectivity index (χ4n) is 2.66. The first-order chi connectivity index (χ1) is 9.85. The van der Waals surface area contributed by atoms with E-state index in [-0.39, 0.29) is 23.0 Å². The monoisotopic (exact) mass is 307 g/mol. The molecule has 1 aliphatic rings. The summed E-state index contributed by atoms with van der Waals surface area (Å²) in [4.78, 5) is 0.250. The maximum atomic E-state index is 12.4. The molecule has 0 amide bonds. The highest BCUT2D eigenvalue weighted by Gasteiger charge is 2.37. The van der Waals surface area contributed by atoms with E-state index in [9.17, 15) is 8.42 Å². The highest BCUT2D eigenvalue weighted by molar-refractivity contribution is 7.89. The fraction of sp³-hybridized carbons (Fsp3) is 0.500. The Balaban J connectivity index is 2.16. The van der Waals surface area contributed by atoms with Crippen LogP contribution in [0.1, 0.15) is 38.7 Å². The summed E-state index contributed by atoms with van der Waals surface area (Å²) in [6.07, 6.45) is 2.97. The Hall–Kier alpha value is -1.35. The summed E-state index contributed by atoms with van der Waals surface area (Å²) >= 11 is 0. The van der Waals surface area contributed by atoms with Crippen LogP contribution in [0.3, 0.4) is 0 Å². The lowest BCUT2D eigenvalue weighted by Gasteiger charge is -2.27. The molecule has 1 aromatic carbocycles. The van der Waals surface area contributed by atoms with Crippen LogP contribution in [0.15, 0.2) is 29.2 Å². The number of benzene rings is 1. The lowest BCUT2D eigenvalue weighted by atomic mass is 9.88. The Morgan fingerprint density at radius 3 is 2.52 bits per heavy atom. The van der Waals surface area contributed by atoms with Gasteiger partial charge in [0.25, 0.3) is 0 Å². The molecule has 5 heteroatoms. The molecule has 1 saturated carbocycles. The lowest BCUT2D eigenvalue weighted by molar-refractivity contribution is 0.313. The highest BCUT2D eigenvalue weighted by atomic mass is 32.2. The summed E-state index contributed by atoms with van der Waals surface area (Å²) in [6.45, 7) is 3.99. The quantitative estimate of drug-likeness (QED) is 0.838. The summed E-state index contributed by atoms with van der Waals surface area (Å²) in [6, 6.07) is 6.38. The predicted molar refractivity (Wildman–Crippen MR) is 82.1 cm³/mol. The molecule has 2 N–H and O–H groups in total. The normalized spacial score (nSPS) is 20.8. The number of hydrogen-bond acceptors (Lipinski definition) is 3. The van der Waals surface area contributed by atoms with Crippen molar-refractivity contribution in [2.75, 3.05) is 6.61 Å². The Morgan fingerprint density at radius 1 is 1.33 bits per heavy atom. The third kappa shape index (κ3) is 3.85. The Kier molecular flexibility index (Phi) is 4.72. The Bertz CT molecular complexity index is 651. The van der Waals surface area contributed by atoms with Crippen molar-refractivity contribution in [2.24, 2.45) is 5.41 Å². The summed E-state index contributed by atoms with van der Waals surface area (Å²) in [5.41, 5.74) is 0.684. The molecule has 21 heavy (non-hydrogen) atoms. The molecule has 0 bridgehead atoms. The van der Waals surface area contributed by atoms with Crippen LogP contribution in [-0.4, -0.2) is 26.2 Å². The van der Waals surface area contributed by atoms with E-state index in [1.54, 1.807) is 24.3 Å². The minimum atomic E-state index is -3.50.